The molecule has 0 aromatic carbocycles. The number of nitrogens with zero attached hydrogens (tertiary/aromatic N) is 1. The normalized spacial score (nSPS) is 25.1. The average Bonchev–Trinajstić information content (AvgIpc) is 2.76. The van der Waals surface area contributed by atoms with Crippen LogP contribution in [0.4, 0.5) is 0 Å². The monoisotopic (exact) mass is 274 g/mol. The van der Waals surface area contributed by atoms with Gasteiger partial charge in [0.05, 0.1) is 6.20 Å². The van der Waals surface area contributed by atoms with E-state index in [4.69, 9.17) is 11.6 Å². The first-order valence-corrected chi connectivity index (χ1v) is 7.41. The van der Waals surface area contributed by atoms with E-state index in [1.807, 2.05) is 0 Å². The summed E-state index contributed by atoms with van der Waals surface area (Å²) in [6.45, 7) is 2.09. The SMILES string of the molecule is OCC1CCCCC1CNCc1ncc(Cl)s1. The molecule has 1 heterocycles. The number of halogens is 1. The minimum atomic E-state index is 0.329. The Kier molecular flexibility index (Phi) is 5.22. The highest BCUT2D eigenvalue weighted by Crippen LogP contribution is 2.29. The maximum Gasteiger partial charge on any atom is 0.113 e. The Hall–Kier alpha value is -0.160. The van der Waals surface area contributed by atoms with Gasteiger partial charge in [0.2, 0.25) is 0 Å². The largest absolute Gasteiger partial charge is 0.396 e. The molecule has 1 saturated carbocycles. The average molecular weight is 275 g/mol. The van der Waals surface area contributed by atoms with Crippen LogP contribution in [0.3, 0.4) is 0 Å². The lowest BCUT2D eigenvalue weighted by Crippen LogP contribution is -2.32. The van der Waals surface area contributed by atoms with Crippen molar-refractivity contribution < 1.29 is 5.11 Å². The van der Waals surface area contributed by atoms with Crippen molar-refractivity contribution in [1.29, 1.82) is 0 Å². The first kappa shape index (κ1) is 13.3. The highest BCUT2D eigenvalue weighted by Gasteiger charge is 2.23. The van der Waals surface area contributed by atoms with Crippen LogP contribution in [0.2, 0.25) is 4.34 Å². The van der Waals surface area contributed by atoms with Crippen molar-refractivity contribution in [3.63, 3.8) is 0 Å². The summed E-state index contributed by atoms with van der Waals surface area (Å²) in [4.78, 5) is 4.21. The summed E-state index contributed by atoms with van der Waals surface area (Å²) in [7, 11) is 0. The highest BCUT2D eigenvalue weighted by atomic mass is 35.5. The number of nitrogens with one attached hydrogen (secondary N) is 1. The lowest BCUT2D eigenvalue weighted by atomic mass is 9.79. The topological polar surface area (TPSA) is 45.1 Å². The van der Waals surface area contributed by atoms with Crippen LogP contribution in [0.1, 0.15) is 30.7 Å². The molecule has 3 nitrogen and oxygen atoms in total. The maximum absolute atomic E-state index is 9.33. The van der Waals surface area contributed by atoms with Gasteiger partial charge in [-0.05, 0) is 31.2 Å². The van der Waals surface area contributed by atoms with Crippen LogP contribution in [0.15, 0.2) is 6.20 Å². The first-order valence-electron chi connectivity index (χ1n) is 6.21. The van der Waals surface area contributed by atoms with E-state index in [0.717, 1.165) is 22.4 Å². The van der Waals surface area contributed by atoms with E-state index < -0.39 is 0 Å². The standard InChI is InChI=1S/C12H19ClN2OS/c13-11-6-15-12(17-11)7-14-5-9-3-1-2-4-10(9)8-16/h6,9-10,14,16H,1-5,7-8H2. The molecule has 1 aromatic rings. The van der Waals surface area contributed by atoms with Crippen molar-refractivity contribution in [1.82, 2.24) is 10.3 Å². The van der Waals surface area contributed by atoms with E-state index in [1.54, 1.807) is 6.20 Å². The van der Waals surface area contributed by atoms with E-state index >= 15 is 0 Å². The smallest absolute Gasteiger partial charge is 0.113 e. The molecule has 2 atom stereocenters. The number of hydrogen-bond donors (Lipinski definition) is 2. The van der Waals surface area contributed by atoms with Crippen molar-refractivity contribution in [2.75, 3.05) is 13.2 Å². The molecule has 5 heteroatoms. The van der Waals surface area contributed by atoms with Gasteiger partial charge in [-0.15, -0.1) is 11.3 Å². The molecule has 0 amide bonds. The Labute approximate surface area is 111 Å². The molecular formula is C12H19ClN2OS. The summed E-state index contributed by atoms with van der Waals surface area (Å²) >= 11 is 7.35. The van der Waals surface area contributed by atoms with Gasteiger partial charge in [-0.1, -0.05) is 24.4 Å². The van der Waals surface area contributed by atoms with Crippen molar-refractivity contribution >= 4 is 22.9 Å². The Morgan fingerprint density at radius 2 is 2.18 bits per heavy atom. The molecule has 1 aromatic heterocycles. The van der Waals surface area contributed by atoms with E-state index in [2.05, 4.69) is 10.3 Å². The van der Waals surface area contributed by atoms with Gasteiger partial charge in [-0.25, -0.2) is 4.98 Å². The van der Waals surface area contributed by atoms with Gasteiger partial charge in [0.1, 0.15) is 9.34 Å². The van der Waals surface area contributed by atoms with Gasteiger partial charge >= 0.3 is 0 Å². The highest BCUT2D eigenvalue weighted by molar-refractivity contribution is 7.15. The Morgan fingerprint density at radius 3 is 2.82 bits per heavy atom. The molecule has 17 heavy (non-hydrogen) atoms. The van der Waals surface area contributed by atoms with Crippen LogP contribution < -0.4 is 5.32 Å². The fraction of sp³-hybridized carbons (Fsp3) is 0.750. The molecule has 96 valence electrons. The second-order valence-electron chi connectivity index (χ2n) is 4.68. The van der Waals surface area contributed by atoms with E-state index in [1.165, 1.54) is 37.0 Å². The second-order valence-corrected chi connectivity index (χ2v) is 6.42. The third-order valence-electron chi connectivity index (χ3n) is 3.51. The molecule has 2 N–H and O–H groups in total. The molecule has 0 aliphatic heterocycles. The Morgan fingerprint density at radius 1 is 1.41 bits per heavy atom. The first-order chi connectivity index (χ1) is 8.29. The number of aromatic nitrogens is 1. The minimum Gasteiger partial charge on any atom is -0.396 e. The van der Waals surface area contributed by atoms with Crippen LogP contribution in [-0.2, 0) is 6.54 Å². The molecule has 0 spiro atoms. The lowest BCUT2D eigenvalue weighted by Gasteiger charge is -2.30. The molecule has 1 aliphatic rings. The molecule has 1 aliphatic carbocycles. The van der Waals surface area contributed by atoms with Crippen LogP contribution in [0.5, 0.6) is 0 Å². The quantitative estimate of drug-likeness (QED) is 0.868. The van der Waals surface area contributed by atoms with Gasteiger partial charge < -0.3 is 10.4 Å². The van der Waals surface area contributed by atoms with Gasteiger partial charge in [-0.2, -0.15) is 0 Å². The van der Waals surface area contributed by atoms with Crippen LogP contribution >= 0.6 is 22.9 Å². The molecule has 2 rings (SSSR count). The Balaban J connectivity index is 1.73. The molecular weight excluding hydrogens is 256 g/mol. The van der Waals surface area contributed by atoms with Crippen molar-refractivity contribution in [2.24, 2.45) is 11.8 Å². The van der Waals surface area contributed by atoms with Crippen LogP contribution in [0.25, 0.3) is 0 Å². The summed E-state index contributed by atoms with van der Waals surface area (Å²) in [5.74, 6) is 1.10. The van der Waals surface area contributed by atoms with Gasteiger partial charge in [0, 0.05) is 13.2 Å². The number of aliphatic hydroxyl groups is 1. The van der Waals surface area contributed by atoms with Gasteiger partial charge in [-0.3, -0.25) is 0 Å². The summed E-state index contributed by atoms with van der Waals surface area (Å²) in [5, 5.41) is 13.8. The molecule has 0 saturated heterocycles. The molecule has 0 radical (unpaired) electrons. The predicted molar refractivity (Wildman–Crippen MR) is 71.4 cm³/mol. The summed E-state index contributed by atoms with van der Waals surface area (Å²) in [5.41, 5.74) is 0. The predicted octanol–water partition coefficient (Wildman–Crippen LogP) is 2.68. The number of aliphatic hydroxyl groups excluding tert-OH is 1. The summed E-state index contributed by atoms with van der Waals surface area (Å²) < 4.78 is 0.743. The van der Waals surface area contributed by atoms with E-state index in [9.17, 15) is 5.11 Å². The molecule has 0 bridgehead atoms. The zero-order valence-electron chi connectivity index (χ0n) is 9.86. The third-order valence-corrected chi connectivity index (χ3v) is 4.62. The van der Waals surface area contributed by atoms with Crippen LogP contribution in [-0.4, -0.2) is 23.2 Å². The minimum absolute atomic E-state index is 0.329. The Bertz CT molecular complexity index is 345. The number of thiazole rings is 1. The van der Waals surface area contributed by atoms with Crippen molar-refractivity contribution in [2.45, 2.75) is 32.2 Å². The zero-order chi connectivity index (χ0) is 12.1. The van der Waals surface area contributed by atoms with Crippen molar-refractivity contribution in [3.05, 3.63) is 15.5 Å². The third kappa shape index (κ3) is 3.91. The van der Waals surface area contributed by atoms with Gasteiger partial charge in [0.25, 0.3) is 0 Å². The summed E-state index contributed by atoms with van der Waals surface area (Å²) in [6.07, 6.45) is 6.67. The summed E-state index contributed by atoms with van der Waals surface area (Å²) in [6, 6.07) is 0. The number of hydrogen-bond acceptors (Lipinski definition) is 4. The van der Waals surface area contributed by atoms with Gasteiger partial charge in [0.15, 0.2) is 0 Å². The molecule has 2 unspecified atom stereocenters. The van der Waals surface area contributed by atoms with E-state index in [-0.39, 0.29) is 0 Å². The second kappa shape index (κ2) is 6.69. The number of rotatable bonds is 5. The lowest BCUT2D eigenvalue weighted by molar-refractivity contribution is 0.133. The van der Waals surface area contributed by atoms with Crippen molar-refractivity contribution in [3.8, 4) is 0 Å². The zero-order valence-corrected chi connectivity index (χ0v) is 11.4. The van der Waals surface area contributed by atoms with E-state index in [0.29, 0.717) is 18.4 Å². The van der Waals surface area contributed by atoms with Crippen LogP contribution in [0, 0.1) is 11.8 Å². The maximum atomic E-state index is 9.33. The fourth-order valence-electron chi connectivity index (χ4n) is 2.53. The fourth-order valence-corrected chi connectivity index (χ4v) is 3.45. The molecule has 1 fully saturated rings.